The molecule has 0 aromatic carbocycles. The van der Waals surface area contributed by atoms with Crippen molar-refractivity contribution in [3.05, 3.63) is 29.0 Å². The van der Waals surface area contributed by atoms with E-state index < -0.39 is 11.0 Å². The van der Waals surface area contributed by atoms with Gasteiger partial charge in [-0.3, -0.25) is 0 Å². The Morgan fingerprint density at radius 2 is 2.12 bits per heavy atom. The second kappa shape index (κ2) is 7.20. The highest BCUT2D eigenvalue weighted by Crippen LogP contribution is 2.48. The number of allylic oxidation sites excluding steroid dienone is 1. The van der Waals surface area contributed by atoms with Crippen LogP contribution in [0.5, 0.6) is 5.88 Å². The van der Waals surface area contributed by atoms with Crippen molar-refractivity contribution in [2.24, 2.45) is 5.92 Å². The number of pyridine rings is 1. The van der Waals surface area contributed by atoms with Gasteiger partial charge >= 0.3 is 0 Å². The molecule has 1 aromatic heterocycles. The summed E-state index contributed by atoms with van der Waals surface area (Å²) in [5.41, 5.74) is 3.65. The predicted octanol–water partition coefficient (Wildman–Crippen LogP) is 4.28. The molecule has 2 atom stereocenters. The van der Waals surface area contributed by atoms with Gasteiger partial charge in [0.25, 0.3) is 0 Å². The maximum absolute atomic E-state index is 13.2. The monoisotopic (exact) mass is 362 g/mol. The van der Waals surface area contributed by atoms with Crippen molar-refractivity contribution in [3.63, 3.8) is 0 Å². The molecule has 1 fully saturated rings. The third-order valence-corrected chi connectivity index (χ3v) is 6.96. The third kappa shape index (κ3) is 3.68. The maximum Gasteiger partial charge on any atom is 0.216 e. The lowest BCUT2D eigenvalue weighted by molar-refractivity contribution is 0.316. The average molecular weight is 363 g/mol. The van der Waals surface area contributed by atoms with Crippen molar-refractivity contribution in [2.45, 2.75) is 64.2 Å². The van der Waals surface area contributed by atoms with E-state index in [1.54, 1.807) is 7.11 Å². The molecule has 1 saturated carbocycles. The van der Waals surface area contributed by atoms with Crippen LogP contribution >= 0.6 is 0 Å². The first-order valence-electron chi connectivity index (χ1n) is 9.29. The highest BCUT2D eigenvalue weighted by molar-refractivity contribution is 7.84. The summed E-state index contributed by atoms with van der Waals surface area (Å²) in [5.74, 6) is 1.30. The van der Waals surface area contributed by atoms with Crippen LogP contribution in [-0.2, 0) is 17.4 Å². The molecule has 1 unspecified atom stereocenters. The molecule has 2 aliphatic carbocycles. The average Bonchev–Trinajstić information content (AvgIpc) is 3.42. The molecule has 0 spiro atoms. The zero-order chi connectivity index (χ0) is 18.2. The lowest BCUT2D eigenvalue weighted by Crippen LogP contribution is -2.41. The standard InChI is InChI=1S/C20H30N2O2S/c1-6-22(25(23)20(2,3)4)18(14-11-12-14)17-13-21-19(24-5)16-10-8-7-9-15(16)17/h7,9,13-14,18H,6,8,10-12H2,1-5H3/t18?,25-/m0/s1. The summed E-state index contributed by atoms with van der Waals surface area (Å²) in [7, 11) is 0.642. The number of ether oxygens (including phenoxy) is 1. The van der Waals surface area contributed by atoms with Gasteiger partial charge in [-0.2, -0.15) is 0 Å². The second-order valence-corrected chi connectivity index (χ2v) is 10.1. The molecule has 25 heavy (non-hydrogen) atoms. The molecule has 0 N–H and O–H groups in total. The molecule has 0 amide bonds. The summed E-state index contributed by atoms with van der Waals surface area (Å²) in [4.78, 5) is 4.60. The van der Waals surface area contributed by atoms with Crippen LogP contribution < -0.4 is 4.74 Å². The topological polar surface area (TPSA) is 42.4 Å². The maximum atomic E-state index is 13.2. The highest BCUT2D eigenvalue weighted by atomic mass is 32.2. The summed E-state index contributed by atoms with van der Waals surface area (Å²) in [5, 5.41) is 0. The van der Waals surface area contributed by atoms with Crippen LogP contribution in [-0.4, -0.2) is 31.9 Å². The van der Waals surface area contributed by atoms with E-state index in [9.17, 15) is 4.21 Å². The number of aromatic nitrogens is 1. The molecule has 0 saturated heterocycles. The number of hydrogen-bond acceptors (Lipinski definition) is 3. The minimum absolute atomic E-state index is 0.167. The molecule has 0 radical (unpaired) electrons. The van der Waals surface area contributed by atoms with Gasteiger partial charge in [0, 0.05) is 18.3 Å². The first kappa shape index (κ1) is 18.6. The Balaban J connectivity index is 2.08. The Morgan fingerprint density at radius 3 is 2.68 bits per heavy atom. The Morgan fingerprint density at radius 1 is 1.40 bits per heavy atom. The molecule has 1 aromatic rings. The molecule has 138 valence electrons. The molecule has 0 bridgehead atoms. The van der Waals surface area contributed by atoms with E-state index in [-0.39, 0.29) is 10.8 Å². The van der Waals surface area contributed by atoms with Crippen molar-refractivity contribution in [3.8, 4) is 5.88 Å². The van der Waals surface area contributed by atoms with Gasteiger partial charge in [0.15, 0.2) is 0 Å². The van der Waals surface area contributed by atoms with E-state index in [1.165, 1.54) is 29.5 Å². The van der Waals surface area contributed by atoms with Gasteiger partial charge in [-0.25, -0.2) is 13.5 Å². The molecule has 0 aliphatic heterocycles. The molecular formula is C20H30N2O2S. The number of fused-ring (bicyclic) bond motifs is 1. The van der Waals surface area contributed by atoms with Crippen LogP contribution in [0, 0.1) is 5.92 Å². The normalized spacial score (nSPS) is 19.6. The predicted molar refractivity (Wildman–Crippen MR) is 104 cm³/mol. The Hall–Kier alpha value is -1.20. The SMILES string of the molecule is CCN(C(c1cnc(OC)c2c1C=CCC2)C1CC1)[S@@](=O)C(C)(C)C. The fraction of sp³-hybridized carbons (Fsp3) is 0.650. The van der Waals surface area contributed by atoms with Crippen molar-refractivity contribution in [2.75, 3.05) is 13.7 Å². The van der Waals surface area contributed by atoms with E-state index in [0.717, 1.165) is 25.3 Å². The van der Waals surface area contributed by atoms with E-state index in [1.807, 2.05) is 6.20 Å². The van der Waals surface area contributed by atoms with Gasteiger partial charge < -0.3 is 4.74 Å². The van der Waals surface area contributed by atoms with Crippen LogP contribution in [0.15, 0.2) is 12.3 Å². The van der Waals surface area contributed by atoms with Crippen molar-refractivity contribution in [1.29, 1.82) is 0 Å². The van der Waals surface area contributed by atoms with Gasteiger partial charge in [0.2, 0.25) is 5.88 Å². The summed E-state index contributed by atoms with van der Waals surface area (Å²) >= 11 is 0. The summed E-state index contributed by atoms with van der Waals surface area (Å²) in [6.45, 7) is 9.04. The number of rotatable bonds is 6. The number of hydrogen-bond donors (Lipinski definition) is 0. The minimum Gasteiger partial charge on any atom is -0.481 e. The summed E-state index contributed by atoms with van der Waals surface area (Å²) in [6.07, 6.45) is 10.8. The Bertz CT molecular complexity index is 690. The van der Waals surface area contributed by atoms with Gasteiger partial charge in [-0.15, -0.1) is 0 Å². The van der Waals surface area contributed by atoms with Crippen molar-refractivity contribution >= 4 is 17.1 Å². The molecule has 3 rings (SSSR count). The zero-order valence-corrected chi connectivity index (χ0v) is 16.9. The van der Waals surface area contributed by atoms with Crippen LogP contribution in [0.4, 0.5) is 0 Å². The fourth-order valence-corrected chi connectivity index (χ4v) is 5.10. The van der Waals surface area contributed by atoms with Crippen molar-refractivity contribution in [1.82, 2.24) is 9.29 Å². The van der Waals surface area contributed by atoms with E-state index in [2.05, 4.69) is 49.1 Å². The highest BCUT2D eigenvalue weighted by Gasteiger charge is 2.42. The lowest BCUT2D eigenvalue weighted by atomic mass is 9.90. The van der Waals surface area contributed by atoms with E-state index in [0.29, 0.717) is 5.92 Å². The summed E-state index contributed by atoms with van der Waals surface area (Å²) < 4.78 is 20.6. The van der Waals surface area contributed by atoms with Gasteiger partial charge in [0.1, 0.15) is 11.0 Å². The molecular weight excluding hydrogens is 332 g/mol. The van der Waals surface area contributed by atoms with Crippen LogP contribution in [0.3, 0.4) is 0 Å². The first-order chi connectivity index (χ1) is 11.9. The molecule has 1 heterocycles. The van der Waals surface area contributed by atoms with E-state index in [4.69, 9.17) is 4.74 Å². The quantitative estimate of drug-likeness (QED) is 0.758. The van der Waals surface area contributed by atoms with Gasteiger partial charge in [0.05, 0.1) is 17.9 Å². The number of methoxy groups -OCH3 is 1. The van der Waals surface area contributed by atoms with Crippen LogP contribution in [0.1, 0.15) is 69.7 Å². The second-order valence-electron chi connectivity index (χ2n) is 7.93. The zero-order valence-electron chi connectivity index (χ0n) is 16.0. The van der Waals surface area contributed by atoms with Crippen LogP contribution in [0.2, 0.25) is 0 Å². The lowest BCUT2D eigenvalue weighted by Gasteiger charge is -2.36. The summed E-state index contributed by atoms with van der Waals surface area (Å²) in [6, 6.07) is 0.167. The van der Waals surface area contributed by atoms with Crippen molar-refractivity contribution < 1.29 is 8.95 Å². The minimum atomic E-state index is -1.04. The Kier molecular flexibility index (Phi) is 5.35. The Labute approximate surface area is 154 Å². The molecule has 2 aliphatic rings. The van der Waals surface area contributed by atoms with Gasteiger partial charge in [-0.1, -0.05) is 19.1 Å². The smallest absolute Gasteiger partial charge is 0.216 e. The third-order valence-electron chi connectivity index (χ3n) is 5.00. The first-order valence-corrected chi connectivity index (χ1v) is 10.4. The molecule has 4 nitrogen and oxygen atoms in total. The number of nitrogens with zero attached hydrogens (tertiary/aromatic N) is 2. The van der Waals surface area contributed by atoms with Crippen LogP contribution in [0.25, 0.3) is 6.08 Å². The van der Waals surface area contributed by atoms with Gasteiger partial charge in [-0.05, 0) is 63.5 Å². The molecule has 5 heteroatoms. The van der Waals surface area contributed by atoms with E-state index >= 15 is 0 Å². The largest absolute Gasteiger partial charge is 0.481 e. The fourth-order valence-electron chi connectivity index (χ4n) is 3.67.